The number of carbonyl (C=O) groups is 1. The van der Waals surface area contributed by atoms with E-state index in [1.807, 2.05) is 13.1 Å². The highest BCUT2D eigenvalue weighted by Crippen LogP contribution is 2.33. The van der Waals surface area contributed by atoms with Crippen molar-refractivity contribution in [3.63, 3.8) is 0 Å². The van der Waals surface area contributed by atoms with Crippen molar-refractivity contribution in [2.45, 2.75) is 38.3 Å². The first-order chi connectivity index (χ1) is 13.5. The second kappa shape index (κ2) is 7.26. The summed E-state index contributed by atoms with van der Waals surface area (Å²) in [5.74, 6) is -0.0581. The third-order valence-electron chi connectivity index (χ3n) is 5.36. The average molecular weight is 385 g/mol. The Balaban J connectivity index is 1.71. The molecular formula is C20H24FN5O2. The number of carbonyl (C=O) groups excluding carboxylic acids is 1. The van der Waals surface area contributed by atoms with Crippen LogP contribution >= 0.6 is 0 Å². The molecule has 1 aliphatic heterocycles. The first-order valence-corrected chi connectivity index (χ1v) is 9.53. The Labute approximate surface area is 162 Å². The molecule has 1 saturated carbocycles. The third kappa shape index (κ3) is 3.58. The summed E-state index contributed by atoms with van der Waals surface area (Å²) < 4.78 is 22.0. The highest BCUT2D eigenvalue weighted by molar-refractivity contribution is 6.09. The van der Waals surface area contributed by atoms with E-state index in [1.165, 1.54) is 10.9 Å². The van der Waals surface area contributed by atoms with Gasteiger partial charge in [-0.3, -0.25) is 4.79 Å². The Bertz CT molecular complexity index is 963. The van der Waals surface area contributed by atoms with Crippen LogP contribution < -0.4 is 15.4 Å². The fourth-order valence-electron chi connectivity index (χ4n) is 3.44. The Hall–Kier alpha value is -2.90. The van der Waals surface area contributed by atoms with E-state index in [0.29, 0.717) is 41.2 Å². The highest BCUT2D eigenvalue weighted by atomic mass is 19.1. The highest BCUT2D eigenvalue weighted by Gasteiger charge is 2.29. The van der Waals surface area contributed by atoms with Gasteiger partial charge < -0.3 is 20.8 Å². The molecular weight excluding hydrogens is 361 g/mol. The largest absolute Gasteiger partial charge is 0.489 e. The zero-order valence-electron chi connectivity index (χ0n) is 16.0. The molecule has 0 spiro atoms. The van der Waals surface area contributed by atoms with Crippen molar-refractivity contribution in [1.82, 2.24) is 20.4 Å². The van der Waals surface area contributed by atoms with E-state index in [1.54, 1.807) is 19.2 Å². The zero-order chi connectivity index (χ0) is 19.8. The number of fused-ring (bicyclic) bond motifs is 1. The van der Waals surface area contributed by atoms with Gasteiger partial charge in [-0.25, -0.2) is 4.68 Å². The van der Waals surface area contributed by atoms with Gasteiger partial charge in [0.2, 0.25) is 11.9 Å². The molecule has 0 unspecified atom stereocenters. The molecule has 0 radical (unpaired) electrons. The molecule has 4 rings (SSSR count). The minimum absolute atomic E-state index is 0.00656. The van der Waals surface area contributed by atoms with Crippen molar-refractivity contribution < 1.29 is 13.9 Å². The number of ether oxygens (including phenoxy) is 1. The standard InChI is InChI=1S/C20H24FN5O2/c1-11(13-7-18(27)24-9-13)28-17-6-12(14(8-22)10-23-15-3-4-15)5-16-19(17)20(21)26(2)25-16/h5-6,8,10-11,13,15,22-23H,3-4,7,9H2,1-2H3,(H,24,27)/b14-10+,22-8?/t11-,13-/m1/s1. The van der Waals surface area contributed by atoms with Crippen LogP contribution in [0.2, 0.25) is 0 Å². The molecule has 7 nitrogen and oxygen atoms in total. The van der Waals surface area contributed by atoms with Gasteiger partial charge in [0.05, 0.1) is 10.9 Å². The van der Waals surface area contributed by atoms with E-state index in [9.17, 15) is 9.18 Å². The Morgan fingerprint density at radius 2 is 2.29 bits per heavy atom. The maximum Gasteiger partial charge on any atom is 0.222 e. The summed E-state index contributed by atoms with van der Waals surface area (Å²) in [5.41, 5.74) is 1.88. The number of aromatic nitrogens is 2. The van der Waals surface area contributed by atoms with E-state index in [-0.39, 0.29) is 17.9 Å². The van der Waals surface area contributed by atoms with Gasteiger partial charge in [0.25, 0.3) is 0 Å². The van der Waals surface area contributed by atoms with Gasteiger partial charge >= 0.3 is 0 Å². The van der Waals surface area contributed by atoms with E-state index in [2.05, 4.69) is 15.7 Å². The van der Waals surface area contributed by atoms with Crippen molar-refractivity contribution in [3.8, 4) is 5.75 Å². The second-order valence-corrected chi connectivity index (χ2v) is 7.56. The van der Waals surface area contributed by atoms with Gasteiger partial charge in [-0.1, -0.05) is 0 Å². The van der Waals surface area contributed by atoms with Crippen LogP contribution in [0.15, 0.2) is 18.3 Å². The van der Waals surface area contributed by atoms with Gasteiger partial charge in [-0.05, 0) is 37.5 Å². The molecule has 1 aromatic carbocycles. The molecule has 0 bridgehead atoms. The van der Waals surface area contributed by atoms with Crippen molar-refractivity contribution in [3.05, 3.63) is 29.8 Å². The molecule has 1 aromatic heterocycles. The number of halogens is 1. The summed E-state index contributed by atoms with van der Waals surface area (Å²) in [5, 5.41) is 18.4. The van der Waals surface area contributed by atoms with Crippen LogP contribution in [0.1, 0.15) is 31.7 Å². The van der Waals surface area contributed by atoms with Crippen LogP contribution in [-0.2, 0) is 11.8 Å². The van der Waals surface area contributed by atoms with Crippen LogP contribution in [0, 0.1) is 17.3 Å². The summed E-state index contributed by atoms with van der Waals surface area (Å²) >= 11 is 0. The van der Waals surface area contributed by atoms with Gasteiger partial charge in [0.1, 0.15) is 11.9 Å². The molecule has 1 saturated heterocycles. The summed E-state index contributed by atoms with van der Waals surface area (Å²) in [6, 6.07) is 3.98. The first-order valence-electron chi connectivity index (χ1n) is 9.53. The quantitative estimate of drug-likeness (QED) is 0.638. The number of amides is 1. The Morgan fingerprint density at radius 3 is 2.93 bits per heavy atom. The van der Waals surface area contributed by atoms with Crippen molar-refractivity contribution in [2.75, 3.05) is 6.54 Å². The molecule has 2 fully saturated rings. The summed E-state index contributed by atoms with van der Waals surface area (Å²) in [7, 11) is 1.55. The Kier molecular flexibility index (Phi) is 4.78. The second-order valence-electron chi connectivity index (χ2n) is 7.56. The van der Waals surface area contributed by atoms with Gasteiger partial charge in [0.15, 0.2) is 0 Å². The fourth-order valence-corrected chi connectivity index (χ4v) is 3.44. The lowest BCUT2D eigenvalue weighted by Gasteiger charge is -2.20. The minimum atomic E-state index is -0.471. The molecule has 3 N–H and O–H groups in total. The van der Waals surface area contributed by atoms with Crippen LogP contribution in [-0.4, -0.2) is 40.6 Å². The topological polar surface area (TPSA) is 92.0 Å². The average Bonchev–Trinajstić information content (AvgIpc) is 3.31. The fraction of sp³-hybridized carbons (Fsp3) is 0.450. The lowest BCUT2D eigenvalue weighted by Crippen LogP contribution is -2.25. The van der Waals surface area contributed by atoms with Crippen molar-refractivity contribution >= 4 is 28.6 Å². The molecule has 28 heavy (non-hydrogen) atoms. The molecule has 1 amide bonds. The smallest absolute Gasteiger partial charge is 0.222 e. The summed E-state index contributed by atoms with van der Waals surface area (Å²) in [4.78, 5) is 11.5. The zero-order valence-corrected chi connectivity index (χ0v) is 16.0. The van der Waals surface area contributed by atoms with Crippen molar-refractivity contribution in [1.29, 1.82) is 5.41 Å². The molecule has 2 aliphatic rings. The number of hydrogen-bond donors (Lipinski definition) is 3. The maximum absolute atomic E-state index is 14.7. The molecule has 2 aromatic rings. The number of aryl methyl sites for hydroxylation is 1. The normalized spacial score (nSPS) is 20.9. The predicted molar refractivity (Wildman–Crippen MR) is 105 cm³/mol. The van der Waals surface area contributed by atoms with Crippen LogP contribution in [0.25, 0.3) is 16.5 Å². The van der Waals surface area contributed by atoms with E-state index in [0.717, 1.165) is 18.4 Å². The van der Waals surface area contributed by atoms with Gasteiger partial charge in [-0.15, -0.1) is 0 Å². The third-order valence-corrected chi connectivity index (χ3v) is 5.36. The number of rotatable bonds is 7. The number of benzene rings is 1. The lowest BCUT2D eigenvalue weighted by atomic mass is 10.0. The number of hydrogen-bond acceptors (Lipinski definition) is 5. The van der Waals surface area contributed by atoms with Crippen molar-refractivity contribution in [2.24, 2.45) is 13.0 Å². The van der Waals surface area contributed by atoms with E-state index >= 15 is 0 Å². The summed E-state index contributed by atoms with van der Waals surface area (Å²) in [6.45, 7) is 2.44. The monoisotopic (exact) mass is 385 g/mol. The minimum Gasteiger partial charge on any atom is -0.489 e. The molecule has 148 valence electrons. The summed E-state index contributed by atoms with van der Waals surface area (Å²) in [6.07, 6.45) is 5.48. The molecule has 1 aliphatic carbocycles. The molecule has 2 heterocycles. The van der Waals surface area contributed by atoms with E-state index in [4.69, 9.17) is 10.1 Å². The number of nitrogens with one attached hydrogen (secondary N) is 3. The first kappa shape index (κ1) is 18.5. The number of nitrogens with zero attached hydrogens (tertiary/aromatic N) is 2. The lowest BCUT2D eigenvalue weighted by molar-refractivity contribution is -0.119. The Morgan fingerprint density at radius 1 is 1.50 bits per heavy atom. The van der Waals surface area contributed by atoms with Crippen LogP contribution in [0.4, 0.5) is 4.39 Å². The maximum atomic E-state index is 14.7. The molecule has 2 atom stereocenters. The van der Waals surface area contributed by atoms with E-state index < -0.39 is 5.95 Å². The van der Waals surface area contributed by atoms with Gasteiger partial charge in [0, 0.05) is 50.0 Å². The van der Waals surface area contributed by atoms with Crippen LogP contribution in [0.3, 0.4) is 0 Å². The molecule has 8 heteroatoms. The predicted octanol–water partition coefficient (Wildman–Crippen LogP) is 2.36. The SMILES string of the molecule is C[C@@H](Oc1cc(/C(C=N)=C/NC2CC2)cc2nn(C)c(F)c12)[C@H]1CNC(=O)C1. The number of allylic oxidation sites excluding steroid dienone is 1. The van der Waals surface area contributed by atoms with Crippen LogP contribution in [0.5, 0.6) is 5.75 Å². The van der Waals surface area contributed by atoms with Gasteiger partial charge in [-0.2, -0.15) is 9.49 Å².